The van der Waals surface area contributed by atoms with Gasteiger partial charge in [0.25, 0.3) is 0 Å². The van der Waals surface area contributed by atoms with Crippen molar-refractivity contribution in [1.29, 1.82) is 0 Å². The Bertz CT molecular complexity index is 750. The van der Waals surface area contributed by atoms with Crippen LogP contribution in [0.25, 0.3) is 5.57 Å². The van der Waals surface area contributed by atoms with Crippen LogP contribution in [0.2, 0.25) is 0 Å². The molecule has 1 heterocycles. The second-order valence-electron chi connectivity index (χ2n) is 5.10. The standard InChI is InChI=1S/C18H14BrFO2/c1-2-16-18(11-3-6-13(20)7-4-11)15(10-21)14-9-12(19)5-8-17(14)22-16/h3-10,15H,2H2,1H3. The van der Waals surface area contributed by atoms with Crippen molar-refractivity contribution in [1.82, 2.24) is 0 Å². The van der Waals surface area contributed by atoms with Gasteiger partial charge in [0.1, 0.15) is 23.6 Å². The maximum absolute atomic E-state index is 13.2. The van der Waals surface area contributed by atoms with Gasteiger partial charge in [-0.15, -0.1) is 0 Å². The van der Waals surface area contributed by atoms with Crippen molar-refractivity contribution in [3.05, 3.63) is 69.6 Å². The second kappa shape index (κ2) is 6.05. The molecule has 0 fully saturated rings. The van der Waals surface area contributed by atoms with Crippen LogP contribution in [-0.4, -0.2) is 6.29 Å². The Morgan fingerprint density at radius 1 is 1.23 bits per heavy atom. The van der Waals surface area contributed by atoms with Crippen molar-refractivity contribution >= 4 is 27.8 Å². The summed E-state index contributed by atoms with van der Waals surface area (Å²) in [6.45, 7) is 1.98. The zero-order valence-corrected chi connectivity index (χ0v) is 13.6. The molecule has 0 bridgehead atoms. The lowest BCUT2D eigenvalue weighted by Crippen LogP contribution is -2.16. The van der Waals surface area contributed by atoms with E-state index in [1.807, 2.05) is 25.1 Å². The number of rotatable bonds is 3. The Morgan fingerprint density at radius 2 is 1.95 bits per heavy atom. The maximum atomic E-state index is 13.2. The number of ether oxygens (including phenoxy) is 1. The third-order valence-corrected chi connectivity index (χ3v) is 4.26. The van der Waals surface area contributed by atoms with E-state index in [0.29, 0.717) is 12.2 Å². The molecule has 1 atom stereocenters. The molecule has 0 aromatic heterocycles. The molecule has 0 radical (unpaired) electrons. The smallest absolute Gasteiger partial charge is 0.132 e. The van der Waals surface area contributed by atoms with Crippen molar-refractivity contribution in [2.75, 3.05) is 0 Å². The van der Waals surface area contributed by atoms with Crippen LogP contribution >= 0.6 is 15.9 Å². The third kappa shape index (κ3) is 2.59. The number of carbonyl (C=O) groups excluding carboxylic acids is 1. The highest BCUT2D eigenvalue weighted by molar-refractivity contribution is 9.10. The summed E-state index contributed by atoms with van der Waals surface area (Å²) in [4.78, 5) is 11.8. The average molecular weight is 361 g/mol. The lowest BCUT2D eigenvalue weighted by atomic mass is 9.84. The van der Waals surface area contributed by atoms with Gasteiger partial charge in [0.15, 0.2) is 0 Å². The highest BCUT2D eigenvalue weighted by Gasteiger charge is 2.30. The lowest BCUT2D eigenvalue weighted by Gasteiger charge is -2.28. The molecule has 2 nitrogen and oxygen atoms in total. The van der Waals surface area contributed by atoms with Crippen LogP contribution in [0.1, 0.15) is 30.4 Å². The number of benzene rings is 2. The van der Waals surface area contributed by atoms with E-state index >= 15 is 0 Å². The van der Waals surface area contributed by atoms with Gasteiger partial charge in [-0.2, -0.15) is 0 Å². The van der Waals surface area contributed by atoms with E-state index in [1.165, 1.54) is 12.1 Å². The summed E-state index contributed by atoms with van der Waals surface area (Å²) < 4.78 is 20.0. The minimum Gasteiger partial charge on any atom is -0.461 e. The monoisotopic (exact) mass is 360 g/mol. The predicted octanol–water partition coefficient (Wildman–Crippen LogP) is 5.08. The fourth-order valence-corrected chi connectivity index (χ4v) is 3.12. The van der Waals surface area contributed by atoms with E-state index in [9.17, 15) is 9.18 Å². The quantitative estimate of drug-likeness (QED) is 0.713. The Kier molecular flexibility index (Phi) is 4.12. The molecule has 2 aromatic rings. The van der Waals surface area contributed by atoms with Crippen molar-refractivity contribution in [3.8, 4) is 5.75 Å². The fraction of sp³-hybridized carbons (Fsp3) is 0.167. The largest absolute Gasteiger partial charge is 0.461 e. The molecular formula is C18H14BrFO2. The average Bonchev–Trinajstić information content (AvgIpc) is 2.54. The molecule has 0 aliphatic carbocycles. The molecule has 1 aliphatic rings. The summed E-state index contributed by atoms with van der Waals surface area (Å²) in [6.07, 6.45) is 1.58. The molecule has 0 saturated carbocycles. The van der Waals surface area contributed by atoms with Crippen LogP contribution < -0.4 is 4.74 Å². The molecule has 0 amide bonds. The van der Waals surface area contributed by atoms with Crippen LogP contribution in [0.3, 0.4) is 0 Å². The zero-order valence-electron chi connectivity index (χ0n) is 12.0. The summed E-state index contributed by atoms with van der Waals surface area (Å²) in [7, 11) is 0. The number of hydrogen-bond donors (Lipinski definition) is 0. The minimum absolute atomic E-state index is 0.301. The summed E-state index contributed by atoms with van der Waals surface area (Å²) in [5.74, 6) is 0.730. The van der Waals surface area contributed by atoms with Crippen LogP contribution in [0, 0.1) is 5.82 Å². The number of hydrogen-bond acceptors (Lipinski definition) is 2. The Morgan fingerprint density at radius 3 is 2.59 bits per heavy atom. The molecular weight excluding hydrogens is 347 g/mol. The van der Waals surface area contributed by atoms with Gasteiger partial charge in [-0.05, 0) is 35.9 Å². The second-order valence-corrected chi connectivity index (χ2v) is 6.01. The highest BCUT2D eigenvalue weighted by Crippen LogP contribution is 2.44. The number of fused-ring (bicyclic) bond motifs is 1. The first kappa shape index (κ1) is 15.0. The van der Waals surface area contributed by atoms with Crippen molar-refractivity contribution in [2.24, 2.45) is 0 Å². The number of carbonyl (C=O) groups is 1. The van der Waals surface area contributed by atoms with Crippen molar-refractivity contribution < 1.29 is 13.9 Å². The topological polar surface area (TPSA) is 26.3 Å². The van der Waals surface area contributed by atoms with Crippen molar-refractivity contribution in [3.63, 3.8) is 0 Å². The van der Waals surface area contributed by atoms with Crippen molar-refractivity contribution in [2.45, 2.75) is 19.3 Å². The lowest BCUT2D eigenvalue weighted by molar-refractivity contribution is -0.108. The number of aldehydes is 1. The Labute approximate surface area is 136 Å². The summed E-state index contributed by atoms with van der Waals surface area (Å²) in [5, 5.41) is 0. The van der Waals surface area contributed by atoms with E-state index < -0.39 is 5.92 Å². The summed E-state index contributed by atoms with van der Waals surface area (Å²) >= 11 is 3.43. The molecule has 1 unspecified atom stereocenters. The highest BCUT2D eigenvalue weighted by atomic mass is 79.9. The van der Waals surface area contributed by atoms with Gasteiger partial charge in [0, 0.05) is 22.0 Å². The number of halogens is 2. The summed E-state index contributed by atoms with van der Waals surface area (Å²) in [5.41, 5.74) is 2.44. The SMILES string of the molecule is CCC1=C(c2ccc(F)cc2)C(C=O)c2cc(Br)ccc2O1. The maximum Gasteiger partial charge on any atom is 0.132 e. The molecule has 1 aliphatic heterocycles. The molecule has 4 heteroatoms. The molecule has 22 heavy (non-hydrogen) atoms. The van der Waals surface area contributed by atoms with Gasteiger partial charge in [-0.3, -0.25) is 0 Å². The van der Waals surface area contributed by atoms with Gasteiger partial charge < -0.3 is 9.53 Å². The molecule has 0 spiro atoms. The predicted molar refractivity (Wildman–Crippen MR) is 87.2 cm³/mol. The van der Waals surface area contributed by atoms with E-state index in [0.717, 1.165) is 33.2 Å². The minimum atomic E-state index is -0.415. The molecule has 0 saturated heterocycles. The van der Waals surface area contributed by atoms with Gasteiger partial charge in [-0.1, -0.05) is 35.0 Å². The molecule has 3 rings (SSSR count). The molecule has 2 aromatic carbocycles. The molecule has 0 N–H and O–H groups in total. The fourth-order valence-electron chi connectivity index (χ4n) is 2.75. The van der Waals surface area contributed by atoms with Crippen LogP contribution in [0.4, 0.5) is 4.39 Å². The molecule has 112 valence electrons. The number of allylic oxidation sites excluding steroid dienone is 2. The van der Waals surface area contributed by atoms with Gasteiger partial charge in [-0.25, -0.2) is 4.39 Å². The van der Waals surface area contributed by atoms with E-state index in [-0.39, 0.29) is 5.82 Å². The Balaban J connectivity index is 2.18. The van der Waals surface area contributed by atoms with Crippen LogP contribution in [0.5, 0.6) is 5.75 Å². The normalized spacial score (nSPS) is 17.0. The first-order valence-corrected chi connectivity index (χ1v) is 7.85. The van der Waals surface area contributed by atoms with Crippen LogP contribution in [-0.2, 0) is 4.79 Å². The van der Waals surface area contributed by atoms with Gasteiger partial charge in [0.05, 0.1) is 5.92 Å². The van der Waals surface area contributed by atoms with E-state index in [4.69, 9.17) is 4.74 Å². The summed E-state index contributed by atoms with van der Waals surface area (Å²) in [6, 6.07) is 11.8. The Hall–Kier alpha value is -1.94. The first-order chi connectivity index (χ1) is 10.6. The first-order valence-electron chi connectivity index (χ1n) is 7.05. The third-order valence-electron chi connectivity index (χ3n) is 3.76. The zero-order chi connectivity index (χ0) is 15.7. The van der Waals surface area contributed by atoms with E-state index in [2.05, 4.69) is 15.9 Å². The van der Waals surface area contributed by atoms with Crippen LogP contribution in [0.15, 0.2) is 52.7 Å². The van der Waals surface area contributed by atoms with E-state index in [1.54, 1.807) is 12.1 Å². The van der Waals surface area contributed by atoms with Gasteiger partial charge >= 0.3 is 0 Å². The van der Waals surface area contributed by atoms with Gasteiger partial charge in [0.2, 0.25) is 0 Å².